The second kappa shape index (κ2) is 2.79. The van der Waals surface area contributed by atoms with Gasteiger partial charge in [-0.15, -0.1) is 0 Å². The molecule has 1 fully saturated rings. The number of carbonyl (C=O) groups is 1. The summed E-state index contributed by atoms with van der Waals surface area (Å²) in [4.78, 5) is 11.1. The molecule has 0 radical (unpaired) electrons. The van der Waals surface area contributed by atoms with E-state index < -0.39 is 0 Å². The first-order valence-corrected chi connectivity index (χ1v) is 4.65. The second-order valence-electron chi connectivity index (χ2n) is 3.91. The first-order valence-electron chi connectivity index (χ1n) is 3.77. The maximum absolute atomic E-state index is 11.1. The second-order valence-corrected chi connectivity index (χ2v) is 4.98. The number of hydrogen-bond acceptors (Lipinski definition) is 3. The number of rotatable bonds is 0. The van der Waals surface area contributed by atoms with Crippen LogP contribution in [0.3, 0.4) is 0 Å². The molecule has 0 unspecified atom stereocenters. The van der Waals surface area contributed by atoms with Gasteiger partial charge in [0.25, 0.3) is 0 Å². The van der Waals surface area contributed by atoms with Crippen LogP contribution in [0.2, 0.25) is 0 Å². The van der Waals surface area contributed by atoms with Crippen LogP contribution in [0.4, 0.5) is 0 Å². The van der Waals surface area contributed by atoms with Crippen molar-refractivity contribution in [2.45, 2.75) is 39.2 Å². The van der Waals surface area contributed by atoms with Gasteiger partial charge in [-0.25, -0.2) is 0 Å². The van der Waals surface area contributed by atoms with Crippen molar-refractivity contribution in [1.29, 1.82) is 0 Å². The quantitative estimate of drug-likeness (QED) is 0.562. The zero-order chi connectivity index (χ0) is 8.65. The molecule has 11 heavy (non-hydrogen) atoms. The monoisotopic (exact) mass is 174 g/mol. The van der Waals surface area contributed by atoms with Gasteiger partial charge >= 0.3 is 0 Å². The first-order chi connectivity index (χ1) is 4.91. The smallest absolute Gasteiger partial charge is 0.219 e. The molecule has 0 spiro atoms. The van der Waals surface area contributed by atoms with Crippen molar-refractivity contribution in [2.24, 2.45) is 5.41 Å². The summed E-state index contributed by atoms with van der Waals surface area (Å²) in [6.45, 7) is 8.04. The number of ether oxygens (including phenoxy) is 1. The summed E-state index contributed by atoms with van der Waals surface area (Å²) in [5.41, 5.74) is 0.0930. The standard InChI is InChI=1S/C8H14O2S/c1-5-6(9)11-7(10-5)8(2,3)4/h5,7H,1-4H3/t5-,7-/m0/s1. The molecule has 0 aliphatic carbocycles. The maximum atomic E-state index is 11.1. The predicted octanol–water partition coefficient (Wildman–Crippen LogP) is 2.04. The molecule has 0 saturated carbocycles. The van der Waals surface area contributed by atoms with Crippen molar-refractivity contribution in [3.05, 3.63) is 0 Å². The lowest BCUT2D eigenvalue weighted by atomic mass is 9.98. The highest BCUT2D eigenvalue weighted by molar-refractivity contribution is 8.14. The Labute approximate surface area is 71.7 Å². The van der Waals surface area contributed by atoms with Gasteiger partial charge in [0, 0.05) is 0 Å². The van der Waals surface area contributed by atoms with Gasteiger partial charge in [0.15, 0.2) is 0 Å². The molecule has 64 valence electrons. The van der Waals surface area contributed by atoms with E-state index in [2.05, 4.69) is 20.8 Å². The van der Waals surface area contributed by atoms with Gasteiger partial charge in [-0.3, -0.25) is 4.79 Å². The lowest BCUT2D eigenvalue weighted by molar-refractivity contribution is -0.119. The minimum Gasteiger partial charge on any atom is -0.355 e. The van der Waals surface area contributed by atoms with Crippen molar-refractivity contribution in [3.8, 4) is 0 Å². The molecule has 1 aliphatic rings. The third-order valence-electron chi connectivity index (χ3n) is 1.59. The zero-order valence-corrected chi connectivity index (χ0v) is 8.20. The van der Waals surface area contributed by atoms with E-state index in [1.54, 1.807) is 6.92 Å². The van der Waals surface area contributed by atoms with Gasteiger partial charge in [-0.2, -0.15) is 0 Å². The normalized spacial score (nSPS) is 32.9. The molecule has 0 amide bonds. The van der Waals surface area contributed by atoms with E-state index in [1.165, 1.54) is 11.8 Å². The van der Waals surface area contributed by atoms with Crippen LogP contribution < -0.4 is 0 Å². The lowest BCUT2D eigenvalue weighted by Crippen LogP contribution is -2.23. The summed E-state index contributed by atoms with van der Waals surface area (Å²) in [7, 11) is 0. The minimum absolute atomic E-state index is 0.0324. The Kier molecular flexibility index (Phi) is 2.30. The maximum Gasteiger partial charge on any atom is 0.219 e. The van der Waals surface area contributed by atoms with Crippen LogP contribution in [0.5, 0.6) is 0 Å². The summed E-state index contributed by atoms with van der Waals surface area (Å²) >= 11 is 1.32. The highest BCUT2D eigenvalue weighted by Crippen LogP contribution is 2.38. The molecule has 0 aromatic rings. The largest absolute Gasteiger partial charge is 0.355 e. The summed E-state index contributed by atoms with van der Waals surface area (Å²) in [5.74, 6) is 0. The number of carbonyl (C=O) groups excluding carboxylic acids is 1. The van der Waals surface area contributed by atoms with Crippen LogP contribution in [0.1, 0.15) is 27.7 Å². The summed E-state index contributed by atoms with van der Waals surface area (Å²) in [5, 5.41) is 0.157. The highest BCUT2D eigenvalue weighted by Gasteiger charge is 2.38. The van der Waals surface area contributed by atoms with Crippen LogP contribution in [-0.4, -0.2) is 16.7 Å². The molecule has 0 bridgehead atoms. The van der Waals surface area contributed by atoms with Crippen LogP contribution in [0, 0.1) is 5.41 Å². The van der Waals surface area contributed by atoms with Crippen molar-refractivity contribution < 1.29 is 9.53 Å². The summed E-state index contributed by atoms with van der Waals surface area (Å²) < 4.78 is 5.45. The van der Waals surface area contributed by atoms with E-state index in [9.17, 15) is 4.79 Å². The number of hydrogen-bond donors (Lipinski definition) is 0. The van der Waals surface area contributed by atoms with Gasteiger partial charge in [0.05, 0.1) is 0 Å². The number of thioether (sulfide) groups is 1. The highest BCUT2D eigenvalue weighted by atomic mass is 32.2. The van der Waals surface area contributed by atoms with Crippen LogP contribution in [0.15, 0.2) is 0 Å². The predicted molar refractivity (Wildman–Crippen MR) is 46.4 cm³/mol. The van der Waals surface area contributed by atoms with Gasteiger partial charge in [-0.1, -0.05) is 32.5 Å². The van der Waals surface area contributed by atoms with Crippen molar-refractivity contribution in [3.63, 3.8) is 0 Å². The zero-order valence-electron chi connectivity index (χ0n) is 7.38. The van der Waals surface area contributed by atoms with Crippen LogP contribution in [-0.2, 0) is 9.53 Å². The lowest BCUT2D eigenvalue weighted by Gasteiger charge is -2.24. The molecular weight excluding hydrogens is 160 g/mol. The van der Waals surface area contributed by atoms with E-state index in [0.717, 1.165) is 0 Å². The molecule has 1 rings (SSSR count). The van der Waals surface area contributed by atoms with Crippen molar-refractivity contribution in [2.75, 3.05) is 0 Å². The summed E-state index contributed by atoms with van der Waals surface area (Å²) in [6.07, 6.45) is -0.218. The molecule has 3 heteroatoms. The topological polar surface area (TPSA) is 26.3 Å². The molecule has 1 saturated heterocycles. The Morgan fingerprint density at radius 3 is 2.18 bits per heavy atom. The van der Waals surface area contributed by atoms with Gasteiger partial charge in [0.1, 0.15) is 11.5 Å². The molecule has 1 aliphatic heterocycles. The van der Waals surface area contributed by atoms with E-state index in [-0.39, 0.29) is 22.1 Å². The van der Waals surface area contributed by atoms with Gasteiger partial charge in [-0.05, 0) is 12.3 Å². The Morgan fingerprint density at radius 1 is 1.45 bits per heavy atom. The Hall–Kier alpha value is -0.0200. The molecule has 0 aromatic carbocycles. The van der Waals surface area contributed by atoms with Crippen LogP contribution >= 0.6 is 11.8 Å². The third kappa shape index (κ3) is 1.97. The molecule has 2 nitrogen and oxygen atoms in total. The molecule has 0 aromatic heterocycles. The van der Waals surface area contributed by atoms with Crippen molar-refractivity contribution in [1.82, 2.24) is 0 Å². The Bertz CT molecular complexity index is 171. The summed E-state index contributed by atoms with van der Waals surface area (Å²) in [6, 6.07) is 0. The van der Waals surface area contributed by atoms with Gasteiger partial charge < -0.3 is 4.74 Å². The Balaban J connectivity index is 2.61. The fourth-order valence-corrected chi connectivity index (χ4v) is 1.88. The van der Waals surface area contributed by atoms with Crippen molar-refractivity contribution >= 4 is 16.9 Å². The average molecular weight is 174 g/mol. The minimum atomic E-state index is -0.218. The molecule has 1 heterocycles. The third-order valence-corrected chi connectivity index (χ3v) is 3.19. The molecule has 2 atom stereocenters. The van der Waals surface area contributed by atoms with Crippen LogP contribution in [0.25, 0.3) is 0 Å². The molecular formula is C8H14O2S. The van der Waals surface area contributed by atoms with E-state index in [4.69, 9.17) is 4.74 Å². The van der Waals surface area contributed by atoms with Gasteiger partial charge in [0.2, 0.25) is 5.12 Å². The SMILES string of the molecule is C[C@@H]1O[C@H](C(C)(C)C)SC1=O. The first kappa shape index (κ1) is 9.07. The fourth-order valence-electron chi connectivity index (χ4n) is 0.851. The Morgan fingerprint density at radius 2 is 2.00 bits per heavy atom. The van der Waals surface area contributed by atoms with E-state index >= 15 is 0 Å². The average Bonchev–Trinajstić information content (AvgIpc) is 2.11. The van der Waals surface area contributed by atoms with E-state index in [1.807, 2.05) is 0 Å². The fraction of sp³-hybridized carbons (Fsp3) is 0.875. The van der Waals surface area contributed by atoms with E-state index in [0.29, 0.717) is 0 Å². The molecule has 0 N–H and O–H groups in total.